The number of carbonyl (C=O) groups excluding carboxylic acids is 1. The summed E-state index contributed by atoms with van der Waals surface area (Å²) in [6.45, 7) is 0.969. The van der Waals surface area contributed by atoms with Crippen LogP contribution < -0.4 is 4.90 Å². The molecule has 0 saturated carbocycles. The zero-order valence-electron chi connectivity index (χ0n) is 9.20. The molecule has 0 amide bonds. The summed E-state index contributed by atoms with van der Waals surface area (Å²) in [7, 11) is 0. The predicted molar refractivity (Wildman–Crippen MR) is 59.2 cm³/mol. The molecule has 1 aliphatic rings. The van der Waals surface area contributed by atoms with E-state index in [1.54, 1.807) is 4.90 Å². The maximum absolute atomic E-state index is 13.7. The molecule has 5 heteroatoms. The molecule has 1 N–H and O–H groups in total. The highest BCUT2D eigenvalue weighted by Crippen LogP contribution is 2.29. The largest absolute Gasteiger partial charge is 0.396 e. The summed E-state index contributed by atoms with van der Waals surface area (Å²) in [5.74, 6) is -1.41. The number of nitrogens with zero attached hydrogens (tertiary/aromatic N) is 1. The molecule has 1 heterocycles. The molecule has 1 atom stereocenters. The van der Waals surface area contributed by atoms with Gasteiger partial charge in [0.2, 0.25) is 0 Å². The molecular formula is C12H13F2NO2. The number of hydrogen-bond donors (Lipinski definition) is 1. The van der Waals surface area contributed by atoms with Crippen LogP contribution in [0.25, 0.3) is 0 Å². The van der Waals surface area contributed by atoms with Crippen LogP contribution in [0.4, 0.5) is 14.5 Å². The standard InChI is InChI=1S/C12H13F2NO2/c13-10-3-9(7-17)4-11(14)12(10)15-2-1-8(5-15)6-16/h3-4,7-8,16H,1-2,5-6H2. The summed E-state index contributed by atoms with van der Waals surface area (Å²) in [5, 5.41) is 8.99. The van der Waals surface area contributed by atoms with Crippen molar-refractivity contribution in [1.29, 1.82) is 0 Å². The van der Waals surface area contributed by atoms with Crippen LogP contribution in [-0.4, -0.2) is 31.1 Å². The first-order valence-electron chi connectivity index (χ1n) is 5.45. The van der Waals surface area contributed by atoms with E-state index in [0.29, 0.717) is 25.8 Å². The second-order valence-corrected chi connectivity index (χ2v) is 4.23. The fourth-order valence-corrected chi connectivity index (χ4v) is 2.14. The molecule has 1 aliphatic heterocycles. The van der Waals surface area contributed by atoms with Crippen LogP contribution in [0.2, 0.25) is 0 Å². The minimum atomic E-state index is -0.731. The van der Waals surface area contributed by atoms with Gasteiger partial charge in [-0.25, -0.2) is 8.78 Å². The average Bonchev–Trinajstić information content (AvgIpc) is 2.76. The Bertz CT molecular complexity index is 414. The van der Waals surface area contributed by atoms with Gasteiger partial charge in [-0.3, -0.25) is 4.79 Å². The van der Waals surface area contributed by atoms with E-state index in [4.69, 9.17) is 5.11 Å². The van der Waals surface area contributed by atoms with Crippen molar-refractivity contribution in [3.8, 4) is 0 Å². The molecule has 1 unspecified atom stereocenters. The molecular weight excluding hydrogens is 228 g/mol. The number of halogens is 2. The monoisotopic (exact) mass is 241 g/mol. The van der Waals surface area contributed by atoms with Gasteiger partial charge in [0.25, 0.3) is 0 Å². The number of anilines is 1. The highest BCUT2D eigenvalue weighted by Gasteiger charge is 2.26. The normalized spacial score (nSPS) is 19.7. The van der Waals surface area contributed by atoms with Crippen LogP contribution in [0.3, 0.4) is 0 Å². The van der Waals surface area contributed by atoms with E-state index >= 15 is 0 Å². The molecule has 0 aliphatic carbocycles. The van der Waals surface area contributed by atoms with Crippen molar-refractivity contribution >= 4 is 12.0 Å². The second-order valence-electron chi connectivity index (χ2n) is 4.23. The summed E-state index contributed by atoms with van der Waals surface area (Å²) >= 11 is 0. The Kier molecular flexibility index (Phi) is 3.38. The van der Waals surface area contributed by atoms with E-state index in [1.165, 1.54) is 0 Å². The van der Waals surface area contributed by atoms with Crippen molar-refractivity contribution in [2.45, 2.75) is 6.42 Å². The fraction of sp³-hybridized carbons (Fsp3) is 0.417. The molecule has 1 aromatic rings. The summed E-state index contributed by atoms with van der Waals surface area (Å²) in [4.78, 5) is 12.0. The Hall–Kier alpha value is -1.49. The Morgan fingerprint density at radius 3 is 2.53 bits per heavy atom. The van der Waals surface area contributed by atoms with E-state index < -0.39 is 11.6 Å². The summed E-state index contributed by atoms with van der Waals surface area (Å²) in [5.41, 5.74) is -0.117. The molecule has 17 heavy (non-hydrogen) atoms. The lowest BCUT2D eigenvalue weighted by atomic mass is 10.1. The smallest absolute Gasteiger partial charge is 0.150 e. The first-order valence-corrected chi connectivity index (χ1v) is 5.45. The maximum atomic E-state index is 13.7. The van der Waals surface area contributed by atoms with Crippen LogP contribution in [0.5, 0.6) is 0 Å². The van der Waals surface area contributed by atoms with Crippen LogP contribution in [0, 0.1) is 17.6 Å². The van der Waals surface area contributed by atoms with Crippen LogP contribution in [0.1, 0.15) is 16.8 Å². The molecule has 0 spiro atoms. The van der Waals surface area contributed by atoms with Gasteiger partial charge in [0, 0.05) is 31.2 Å². The van der Waals surface area contributed by atoms with Crippen molar-refractivity contribution in [1.82, 2.24) is 0 Å². The van der Waals surface area contributed by atoms with Gasteiger partial charge in [0.15, 0.2) is 0 Å². The number of aliphatic hydroxyl groups is 1. The van der Waals surface area contributed by atoms with Gasteiger partial charge < -0.3 is 10.0 Å². The second kappa shape index (κ2) is 4.79. The average molecular weight is 241 g/mol. The molecule has 0 aromatic heterocycles. The minimum Gasteiger partial charge on any atom is -0.396 e. The van der Waals surface area contributed by atoms with Crippen molar-refractivity contribution in [2.75, 3.05) is 24.6 Å². The predicted octanol–water partition coefficient (Wildman–Crippen LogP) is 1.60. The highest BCUT2D eigenvalue weighted by atomic mass is 19.1. The number of aliphatic hydroxyl groups excluding tert-OH is 1. The zero-order valence-corrected chi connectivity index (χ0v) is 9.20. The SMILES string of the molecule is O=Cc1cc(F)c(N2CCC(CO)C2)c(F)c1. The zero-order chi connectivity index (χ0) is 12.4. The number of aldehydes is 1. The number of benzene rings is 1. The van der Waals surface area contributed by atoms with E-state index in [-0.39, 0.29) is 23.8 Å². The lowest BCUT2D eigenvalue weighted by molar-refractivity contribution is 0.112. The Balaban J connectivity index is 2.30. The van der Waals surface area contributed by atoms with Gasteiger partial charge in [0.1, 0.15) is 23.6 Å². The number of hydrogen-bond acceptors (Lipinski definition) is 3. The number of rotatable bonds is 3. The fourth-order valence-electron chi connectivity index (χ4n) is 2.14. The van der Waals surface area contributed by atoms with Crippen molar-refractivity contribution in [3.63, 3.8) is 0 Å². The van der Waals surface area contributed by atoms with Gasteiger partial charge in [-0.15, -0.1) is 0 Å². The molecule has 2 rings (SSSR count). The number of carbonyl (C=O) groups is 1. The summed E-state index contributed by atoms with van der Waals surface area (Å²) in [6, 6.07) is 2.05. The van der Waals surface area contributed by atoms with E-state index in [0.717, 1.165) is 12.1 Å². The molecule has 3 nitrogen and oxygen atoms in total. The Labute approximate surface area is 97.7 Å². The van der Waals surface area contributed by atoms with Crippen LogP contribution in [0.15, 0.2) is 12.1 Å². The van der Waals surface area contributed by atoms with Gasteiger partial charge in [-0.05, 0) is 18.6 Å². The van der Waals surface area contributed by atoms with Gasteiger partial charge in [-0.2, -0.15) is 0 Å². The van der Waals surface area contributed by atoms with Gasteiger partial charge in [-0.1, -0.05) is 0 Å². The third-order valence-electron chi connectivity index (χ3n) is 3.04. The third kappa shape index (κ3) is 2.29. The summed E-state index contributed by atoms with van der Waals surface area (Å²) in [6.07, 6.45) is 1.13. The van der Waals surface area contributed by atoms with E-state index in [9.17, 15) is 13.6 Å². The lowest BCUT2D eigenvalue weighted by Gasteiger charge is -2.20. The van der Waals surface area contributed by atoms with Crippen molar-refractivity contribution < 1.29 is 18.7 Å². The van der Waals surface area contributed by atoms with Gasteiger partial charge in [0.05, 0.1) is 0 Å². The molecule has 92 valence electrons. The summed E-state index contributed by atoms with van der Waals surface area (Å²) < 4.78 is 27.4. The first-order chi connectivity index (χ1) is 8.15. The maximum Gasteiger partial charge on any atom is 0.150 e. The highest BCUT2D eigenvalue weighted by molar-refractivity contribution is 5.76. The topological polar surface area (TPSA) is 40.5 Å². The molecule has 0 radical (unpaired) electrons. The van der Waals surface area contributed by atoms with Crippen LogP contribution >= 0.6 is 0 Å². The van der Waals surface area contributed by atoms with Crippen molar-refractivity contribution in [2.24, 2.45) is 5.92 Å². The lowest BCUT2D eigenvalue weighted by Crippen LogP contribution is -2.23. The molecule has 1 saturated heterocycles. The molecule has 0 bridgehead atoms. The first kappa shape index (κ1) is 12.0. The molecule has 1 aromatic carbocycles. The quantitative estimate of drug-likeness (QED) is 0.817. The minimum absolute atomic E-state index is 0.0124. The van der Waals surface area contributed by atoms with Gasteiger partial charge >= 0.3 is 0 Å². The van der Waals surface area contributed by atoms with E-state index in [2.05, 4.69) is 0 Å². The Morgan fingerprint density at radius 2 is 2.06 bits per heavy atom. The van der Waals surface area contributed by atoms with Crippen molar-refractivity contribution in [3.05, 3.63) is 29.3 Å². The van der Waals surface area contributed by atoms with E-state index in [1.807, 2.05) is 0 Å². The molecule has 1 fully saturated rings. The third-order valence-corrected chi connectivity index (χ3v) is 3.04. The Morgan fingerprint density at radius 1 is 1.41 bits per heavy atom. The van der Waals surface area contributed by atoms with Crippen LogP contribution in [-0.2, 0) is 0 Å².